The molecule has 1 aromatic carbocycles. The van der Waals surface area contributed by atoms with Crippen molar-refractivity contribution in [2.45, 2.75) is 63.3 Å². The maximum absolute atomic E-state index is 13.1. The monoisotopic (exact) mass is 369 g/mol. The zero-order chi connectivity index (χ0) is 19.0. The molecule has 1 saturated heterocycles. The first-order valence-corrected chi connectivity index (χ1v) is 10.1. The van der Waals surface area contributed by atoms with Gasteiger partial charge in [0.25, 0.3) is 0 Å². The number of hydrogen-bond acceptors (Lipinski definition) is 5. The third-order valence-corrected chi connectivity index (χ3v) is 6.66. The van der Waals surface area contributed by atoms with Crippen molar-refractivity contribution in [1.82, 2.24) is 5.32 Å². The Hall–Kier alpha value is -2.14. The van der Waals surface area contributed by atoms with Crippen LogP contribution in [-0.2, 0) is 10.2 Å². The molecule has 144 valence electrons. The van der Waals surface area contributed by atoms with E-state index in [1.807, 2.05) is 13.0 Å². The van der Waals surface area contributed by atoms with E-state index in [1.165, 1.54) is 6.42 Å². The number of rotatable bonds is 4. The van der Waals surface area contributed by atoms with E-state index in [2.05, 4.69) is 5.32 Å². The molecule has 1 aromatic heterocycles. The molecule has 5 heteroatoms. The molecule has 5 nitrogen and oxygen atoms in total. The molecule has 2 N–H and O–H groups in total. The third kappa shape index (κ3) is 2.80. The second-order valence-corrected chi connectivity index (χ2v) is 7.94. The maximum Gasteiger partial charge on any atom is 0.343 e. The maximum atomic E-state index is 13.1. The summed E-state index contributed by atoms with van der Waals surface area (Å²) in [6, 6.07) is 6.61. The van der Waals surface area contributed by atoms with Crippen molar-refractivity contribution in [2.24, 2.45) is 5.92 Å². The first-order valence-electron chi connectivity index (χ1n) is 10.1. The number of carbonyl (C=O) groups is 1. The number of benzene rings is 1. The molecule has 2 aliphatic rings. The molecule has 2 atom stereocenters. The summed E-state index contributed by atoms with van der Waals surface area (Å²) >= 11 is 0. The van der Waals surface area contributed by atoms with Crippen molar-refractivity contribution in [3.8, 4) is 5.75 Å². The van der Waals surface area contributed by atoms with Crippen LogP contribution in [0.4, 0.5) is 0 Å². The Morgan fingerprint density at radius 3 is 2.74 bits per heavy atom. The number of hydrogen-bond donors (Lipinski definition) is 2. The second kappa shape index (κ2) is 7.12. The van der Waals surface area contributed by atoms with Gasteiger partial charge in [-0.25, -0.2) is 4.79 Å². The quantitative estimate of drug-likeness (QED) is 0.804. The summed E-state index contributed by atoms with van der Waals surface area (Å²) in [7, 11) is 0. The smallest absolute Gasteiger partial charge is 0.343 e. The van der Waals surface area contributed by atoms with Gasteiger partial charge in [-0.05, 0) is 43.9 Å². The average Bonchev–Trinajstić information content (AvgIpc) is 3.13. The highest BCUT2D eigenvalue weighted by atomic mass is 16.4. The summed E-state index contributed by atoms with van der Waals surface area (Å²) in [5.41, 5.74) is -0.506. The van der Waals surface area contributed by atoms with Crippen LogP contribution in [0.3, 0.4) is 0 Å². The lowest BCUT2D eigenvalue weighted by molar-refractivity contribution is -0.122. The van der Waals surface area contributed by atoms with Crippen molar-refractivity contribution in [1.29, 1.82) is 0 Å². The van der Waals surface area contributed by atoms with Gasteiger partial charge in [0.1, 0.15) is 17.1 Å². The van der Waals surface area contributed by atoms with E-state index in [0.29, 0.717) is 35.9 Å². The standard InChI is InChI=1S/C22H27NO4/c1-2-16(24)20-22(12-13-23-20,14-8-4-3-5-9-14)18-19(25)15-10-6-7-11-17(15)27-21(18)26/h6-7,10-11,14,20,23,25H,2-5,8-9,12-13H2,1H3/t20-,22?/m1/s1. The van der Waals surface area contributed by atoms with Gasteiger partial charge in [0, 0.05) is 11.8 Å². The van der Waals surface area contributed by atoms with Gasteiger partial charge >= 0.3 is 5.63 Å². The molecule has 2 aromatic rings. The SMILES string of the molecule is CCC(=O)[C@H]1NCCC1(c1c(O)c2ccccc2oc1=O)C1CCCCC1. The highest BCUT2D eigenvalue weighted by molar-refractivity contribution is 5.88. The Bertz CT molecular complexity index is 912. The van der Waals surface area contributed by atoms with Gasteiger partial charge in [-0.2, -0.15) is 0 Å². The molecule has 2 fully saturated rings. The Morgan fingerprint density at radius 2 is 2.00 bits per heavy atom. The Balaban J connectivity index is 1.98. The molecule has 0 amide bonds. The lowest BCUT2D eigenvalue weighted by atomic mass is 9.60. The highest BCUT2D eigenvalue weighted by Gasteiger charge is 2.55. The van der Waals surface area contributed by atoms with Gasteiger partial charge < -0.3 is 14.8 Å². The average molecular weight is 369 g/mol. The largest absolute Gasteiger partial charge is 0.507 e. The van der Waals surface area contributed by atoms with Gasteiger partial charge in [-0.1, -0.05) is 38.3 Å². The zero-order valence-corrected chi connectivity index (χ0v) is 15.8. The molecule has 0 spiro atoms. The number of ketones is 1. The van der Waals surface area contributed by atoms with Gasteiger partial charge in [0.2, 0.25) is 0 Å². The summed E-state index contributed by atoms with van der Waals surface area (Å²) < 4.78 is 5.61. The fourth-order valence-corrected chi connectivity index (χ4v) is 5.43. The summed E-state index contributed by atoms with van der Waals surface area (Å²) in [5, 5.41) is 15.1. The van der Waals surface area contributed by atoms with Gasteiger partial charge in [0.15, 0.2) is 0 Å². The van der Waals surface area contributed by atoms with Crippen LogP contribution in [0.2, 0.25) is 0 Å². The van der Waals surface area contributed by atoms with Crippen LogP contribution in [0.5, 0.6) is 5.75 Å². The van der Waals surface area contributed by atoms with Crippen LogP contribution in [-0.4, -0.2) is 23.5 Å². The number of nitrogens with one attached hydrogen (secondary N) is 1. The first-order chi connectivity index (χ1) is 13.1. The third-order valence-electron chi connectivity index (χ3n) is 6.66. The summed E-state index contributed by atoms with van der Waals surface area (Å²) in [4.78, 5) is 25.9. The molecule has 0 bridgehead atoms. The van der Waals surface area contributed by atoms with E-state index in [9.17, 15) is 14.7 Å². The number of aromatic hydroxyl groups is 1. The second-order valence-electron chi connectivity index (χ2n) is 7.94. The fraction of sp³-hybridized carbons (Fsp3) is 0.545. The van der Waals surface area contributed by atoms with Crippen molar-refractivity contribution < 1.29 is 14.3 Å². The number of fused-ring (bicyclic) bond motifs is 1. The molecule has 1 unspecified atom stereocenters. The van der Waals surface area contributed by atoms with E-state index in [0.717, 1.165) is 25.7 Å². The molecular weight excluding hydrogens is 342 g/mol. The van der Waals surface area contributed by atoms with Gasteiger partial charge in [-0.3, -0.25) is 4.79 Å². The van der Waals surface area contributed by atoms with Crippen molar-refractivity contribution in [3.05, 3.63) is 40.2 Å². The van der Waals surface area contributed by atoms with Crippen LogP contribution in [0.15, 0.2) is 33.5 Å². The lowest BCUT2D eigenvalue weighted by Crippen LogP contribution is -2.53. The number of para-hydroxylation sites is 1. The normalized spacial score (nSPS) is 26.5. The van der Waals surface area contributed by atoms with Gasteiger partial charge in [0.05, 0.1) is 17.0 Å². The van der Waals surface area contributed by atoms with Crippen molar-refractivity contribution in [3.63, 3.8) is 0 Å². The summed E-state index contributed by atoms with van der Waals surface area (Å²) in [6.07, 6.45) is 6.40. The van der Waals surface area contributed by atoms with Crippen LogP contribution < -0.4 is 10.9 Å². The topological polar surface area (TPSA) is 79.5 Å². The molecule has 4 rings (SSSR count). The zero-order valence-electron chi connectivity index (χ0n) is 15.8. The van der Waals surface area contributed by atoms with Crippen molar-refractivity contribution >= 4 is 16.8 Å². The molecule has 1 saturated carbocycles. The van der Waals surface area contributed by atoms with Crippen LogP contribution in [0.1, 0.15) is 57.4 Å². The minimum atomic E-state index is -0.692. The fourth-order valence-electron chi connectivity index (χ4n) is 5.43. The summed E-state index contributed by atoms with van der Waals surface area (Å²) in [6.45, 7) is 2.52. The lowest BCUT2D eigenvalue weighted by Gasteiger charge is -2.43. The Morgan fingerprint density at radius 1 is 1.26 bits per heavy atom. The molecule has 2 heterocycles. The van der Waals surface area contributed by atoms with Gasteiger partial charge in [-0.15, -0.1) is 0 Å². The number of carbonyl (C=O) groups excluding carboxylic acids is 1. The highest BCUT2D eigenvalue weighted by Crippen LogP contribution is 2.50. The minimum absolute atomic E-state index is 0.00923. The van der Waals surface area contributed by atoms with Crippen LogP contribution >= 0.6 is 0 Å². The predicted molar refractivity (Wildman–Crippen MR) is 104 cm³/mol. The Labute approximate surface area is 158 Å². The molecule has 0 radical (unpaired) electrons. The van der Waals surface area contributed by atoms with E-state index in [1.54, 1.807) is 18.2 Å². The van der Waals surface area contributed by atoms with E-state index in [4.69, 9.17) is 4.42 Å². The molecule has 1 aliphatic heterocycles. The first kappa shape index (κ1) is 18.2. The van der Waals surface area contributed by atoms with E-state index >= 15 is 0 Å². The molecule has 27 heavy (non-hydrogen) atoms. The molecular formula is C22H27NO4. The van der Waals surface area contributed by atoms with Crippen LogP contribution in [0.25, 0.3) is 11.0 Å². The molecule has 1 aliphatic carbocycles. The van der Waals surface area contributed by atoms with E-state index < -0.39 is 17.1 Å². The van der Waals surface area contributed by atoms with E-state index in [-0.39, 0.29) is 17.5 Å². The van der Waals surface area contributed by atoms with Crippen LogP contribution in [0, 0.1) is 5.92 Å². The predicted octanol–water partition coefficient (Wildman–Crippen LogP) is 3.66. The minimum Gasteiger partial charge on any atom is -0.507 e. The van der Waals surface area contributed by atoms with Crippen molar-refractivity contribution in [2.75, 3.05) is 6.54 Å². The number of Topliss-reactive ketones (excluding diaryl/α,β-unsaturated/α-hetero) is 1. The Kier molecular flexibility index (Phi) is 4.81. The summed E-state index contributed by atoms with van der Waals surface area (Å²) in [5.74, 6) is 0.284.